The third kappa shape index (κ3) is 4.00. The number of esters is 1. The van der Waals surface area contributed by atoms with Crippen LogP contribution < -0.4 is 11.1 Å². The van der Waals surface area contributed by atoms with Gasteiger partial charge in [-0.25, -0.2) is 9.59 Å². The van der Waals surface area contributed by atoms with Crippen LogP contribution in [0.5, 0.6) is 0 Å². The number of nitro groups is 1. The molecule has 2 heterocycles. The Morgan fingerprint density at radius 1 is 1.32 bits per heavy atom. The highest BCUT2D eigenvalue weighted by Gasteiger charge is 2.26. The fourth-order valence-corrected chi connectivity index (χ4v) is 2.76. The summed E-state index contributed by atoms with van der Waals surface area (Å²) in [6, 6.07) is 3.28. The van der Waals surface area contributed by atoms with Crippen molar-refractivity contribution in [1.82, 2.24) is 14.8 Å². The van der Waals surface area contributed by atoms with E-state index in [1.165, 1.54) is 16.7 Å². The number of nitro benzene ring substituents is 1. The number of aromatic nitrogens is 1. The highest BCUT2D eigenvalue weighted by Crippen LogP contribution is 2.20. The summed E-state index contributed by atoms with van der Waals surface area (Å²) in [5, 5.41) is 13.2. The second-order valence-corrected chi connectivity index (χ2v) is 5.97. The Balaban J connectivity index is 1.52. The molecule has 0 atom stereocenters. The minimum atomic E-state index is -0.695. The minimum absolute atomic E-state index is 0.0639. The third-order valence-electron chi connectivity index (χ3n) is 4.14. The van der Waals surface area contributed by atoms with Crippen molar-refractivity contribution in [1.29, 1.82) is 0 Å². The Morgan fingerprint density at radius 3 is 2.79 bits per heavy atom. The van der Waals surface area contributed by atoms with Crippen LogP contribution in [0, 0.1) is 10.1 Å². The van der Waals surface area contributed by atoms with Crippen LogP contribution in [0.15, 0.2) is 27.4 Å². The first-order valence-corrected chi connectivity index (χ1v) is 8.38. The van der Waals surface area contributed by atoms with Gasteiger partial charge in [0.05, 0.1) is 16.5 Å². The number of nitrogens with one attached hydrogen (secondary N) is 1. The molecule has 1 aromatic heterocycles. The summed E-state index contributed by atoms with van der Waals surface area (Å²) in [6.45, 7) is 0.171. The van der Waals surface area contributed by atoms with Crippen molar-refractivity contribution in [3.63, 3.8) is 0 Å². The van der Waals surface area contributed by atoms with Crippen molar-refractivity contribution in [3.8, 4) is 0 Å². The van der Waals surface area contributed by atoms with Gasteiger partial charge in [0, 0.05) is 32.1 Å². The molecule has 12 heteroatoms. The number of fused-ring (bicyclic) bond motifs is 1. The molecule has 3 amide bonds. The lowest BCUT2D eigenvalue weighted by molar-refractivity contribution is -0.384. The number of hydrogen-bond acceptors (Lipinski definition) is 8. The molecule has 1 fully saturated rings. The summed E-state index contributed by atoms with van der Waals surface area (Å²) in [5.74, 6) is -1.95. The molecule has 2 aromatic rings. The molecule has 1 aliphatic rings. The predicted octanol–water partition coefficient (Wildman–Crippen LogP) is 0.378. The van der Waals surface area contributed by atoms with Crippen LogP contribution in [0.1, 0.15) is 12.8 Å². The predicted molar refractivity (Wildman–Crippen MR) is 92.4 cm³/mol. The number of carbonyl (C=O) groups is 3. The molecule has 3 rings (SSSR count). The molecule has 148 valence electrons. The highest BCUT2D eigenvalue weighted by molar-refractivity contribution is 5.96. The summed E-state index contributed by atoms with van der Waals surface area (Å²) in [6.07, 6.45) is 0.161. The Bertz CT molecular complexity index is 1010. The number of oxazole rings is 1. The Labute approximate surface area is 156 Å². The molecular weight excluding hydrogens is 376 g/mol. The molecule has 0 spiro atoms. The zero-order valence-corrected chi connectivity index (χ0v) is 14.6. The molecule has 1 aromatic carbocycles. The standard InChI is InChI=1S/C16H16N4O8/c21-13(19-7-5-17-15(19)23)9-27-14(22)2-1-6-18-11-4-3-10(20(25)26)8-12(11)28-16(18)24/h3-4,8H,1-2,5-7,9H2,(H,17,23). The highest BCUT2D eigenvalue weighted by atomic mass is 16.6. The van der Waals surface area contributed by atoms with Gasteiger partial charge in [-0.15, -0.1) is 0 Å². The van der Waals surface area contributed by atoms with Crippen LogP contribution in [-0.4, -0.2) is 52.0 Å². The van der Waals surface area contributed by atoms with E-state index in [1.54, 1.807) is 0 Å². The van der Waals surface area contributed by atoms with Crippen molar-refractivity contribution in [2.24, 2.45) is 0 Å². The number of benzene rings is 1. The van der Waals surface area contributed by atoms with E-state index >= 15 is 0 Å². The Kier molecular flexibility index (Phi) is 5.38. The van der Waals surface area contributed by atoms with Gasteiger partial charge >= 0.3 is 17.8 Å². The van der Waals surface area contributed by atoms with Crippen molar-refractivity contribution in [2.75, 3.05) is 19.7 Å². The molecule has 1 N–H and O–H groups in total. The van der Waals surface area contributed by atoms with E-state index in [0.717, 1.165) is 11.0 Å². The molecule has 0 unspecified atom stereocenters. The maximum atomic E-state index is 11.9. The fourth-order valence-electron chi connectivity index (χ4n) is 2.76. The quantitative estimate of drug-likeness (QED) is 0.403. The average Bonchev–Trinajstić information content (AvgIpc) is 3.22. The van der Waals surface area contributed by atoms with Crippen LogP contribution in [0.3, 0.4) is 0 Å². The van der Waals surface area contributed by atoms with Crippen molar-refractivity contribution < 1.29 is 28.5 Å². The minimum Gasteiger partial charge on any atom is -0.456 e. The molecule has 1 aliphatic heterocycles. The fraction of sp³-hybridized carbons (Fsp3) is 0.375. The largest absolute Gasteiger partial charge is 0.456 e. The van der Waals surface area contributed by atoms with E-state index in [1.807, 2.05) is 0 Å². The average molecular weight is 392 g/mol. The molecule has 12 nitrogen and oxygen atoms in total. The zero-order chi connectivity index (χ0) is 20.3. The third-order valence-corrected chi connectivity index (χ3v) is 4.14. The van der Waals surface area contributed by atoms with Crippen molar-refractivity contribution in [3.05, 3.63) is 38.9 Å². The van der Waals surface area contributed by atoms with Gasteiger partial charge in [-0.05, 0) is 12.5 Å². The lowest BCUT2D eigenvalue weighted by Gasteiger charge is -2.12. The first-order valence-electron chi connectivity index (χ1n) is 8.38. The van der Waals surface area contributed by atoms with E-state index < -0.39 is 35.2 Å². The number of urea groups is 1. The summed E-state index contributed by atoms with van der Waals surface area (Å²) >= 11 is 0. The van der Waals surface area contributed by atoms with E-state index in [9.17, 15) is 29.3 Å². The van der Waals surface area contributed by atoms with Crippen LogP contribution in [-0.2, 0) is 20.9 Å². The number of hydrogen-bond donors (Lipinski definition) is 1. The monoisotopic (exact) mass is 392 g/mol. The SMILES string of the molecule is O=C(CCCn1c(=O)oc2cc([N+](=O)[O-])ccc21)OCC(=O)N1CCNC1=O. The van der Waals surface area contributed by atoms with Crippen LogP contribution in [0.25, 0.3) is 11.1 Å². The molecule has 28 heavy (non-hydrogen) atoms. The summed E-state index contributed by atoms with van der Waals surface area (Å²) < 4.78 is 11.1. The van der Waals surface area contributed by atoms with E-state index in [4.69, 9.17) is 9.15 Å². The first-order chi connectivity index (χ1) is 13.4. The number of ether oxygens (including phenoxy) is 1. The van der Waals surface area contributed by atoms with Gasteiger partial charge in [0.2, 0.25) is 0 Å². The molecule has 0 bridgehead atoms. The number of amides is 3. The van der Waals surface area contributed by atoms with Crippen molar-refractivity contribution in [2.45, 2.75) is 19.4 Å². The summed E-state index contributed by atoms with van der Waals surface area (Å²) in [5.41, 5.74) is 0.254. The zero-order valence-electron chi connectivity index (χ0n) is 14.6. The lowest BCUT2D eigenvalue weighted by atomic mass is 10.2. The molecule has 0 aliphatic carbocycles. The number of nitrogens with zero attached hydrogens (tertiary/aromatic N) is 3. The maximum absolute atomic E-state index is 11.9. The number of aryl methyl sites for hydroxylation is 1. The van der Waals surface area contributed by atoms with Crippen LogP contribution >= 0.6 is 0 Å². The number of imide groups is 1. The second-order valence-electron chi connectivity index (χ2n) is 5.97. The maximum Gasteiger partial charge on any atom is 0.419 e. The van der Waals surface area contributed by atoms with E-state index in [-0.39, 0.29) is 37.2 Å². The van der Waals surface area contributed by atoms with Gasteiger partial charge in [0.15, 0.2) is 12.2 Å². The van der Waals surface area contributed by atoms with Crippen LogP contribution in [0.2, 0.25) is 0 Å². The van der Waals surface area contributed by atoms with E-state index in [2.05, 4.69) is 5.32 Å². The number of carbonyl (C=O) groups excluding carboxylic acids is 3. The molecule has 0 radical (unpaired) electrons. The smallest absolute Gasteiger partial charge is 0.419 e. The van der Waals surface area contributed by atoms with Gasteiger partial charge in [0.1, 0.15) is 0 Å². The van der Waals surface area contributed by atoms with E-state index in [0.29, 0.717) is 12.1 Å². The topological polar surface area (TPSA) is 154 Å². The lowest BCUT2D eigenvalue weighted by Crippen LogP contribution is -2.37. The van der Waals surface area contributed by atoms with Crippen molar-refractivity contribution >= 4 is 34.7 Å². The summed E-state index contributed by atoms with van der Waals surface area (Å²) in [4.78, 5) is 57.9. The molecule has 1 saturated heterocycles. The van der Waals surface area contributed by atoms with Gasteiger partial charge in [-0.3, -0.25) is 29.2 Å². The Morgan fingerprint density at radius 2 is 2.11 bits per heavy atom. The van der Waals surface area contributed by atoms with Crippen LogP contribution in [0.4, 0.5) is 10.5 Å². The Hall–Kier alpha value is -3.70. The molecular formula is C16H16N4O8. The normalized spacial score (nSPS) is 13.6. The summed E-state index contributed by atoms with van der Waals surface area (Å²) in [7, 11) is 0. The van der Waals surface area contributed by atoms with Gasteiger partial charge < -0.3 is 14.5 Å². The number of rotatable bonds is 7. The van der Waals surface area contributed by atoms with Gasteiger partial charge in [-0.2, -0.15) is 0 Å². The van der Waals surface area contributed by atoms with Gasteiger partial charge in [0.25, 0.3) is 11.6 Å². The number of non-ortho nitro benzene ring substituents is 1. The second kappa shape index (κ2) is 7.90. The first kappa shape index (κ1) is 19.1. The van der Waals surface area contributed by atoms with Gasteiger partial charge in [-0.1, -0.05) is 0 Å². The molecule has 0 saturated carbocycles.